The summed E-state index contributed by atoms with van der Waals surface area (Å²) in [5.74, 6) is 1.10. The van der Waals surface area contributed by atoms with Gasteiger partial charge < -0.3 is 13.7 Å². The number of halogens is 2. The molecule has 1 aromatic heterocycles. The molecule has 2 heterocycles. The predicted molar refractivity (Wildman–Crippen MR) is 113 cm³/mol. The molecular weight excluding hydrogens is 397 g/mol. The molecule has 4 rings (SSSR count). The van der Waals surface area contributed by atoms with Crippen LogP contribution >= 0.6 is 24.0 Å². The smallest absolute Gasteiger partial charge is 0.395 e. The molecule has 1 fully saturated rings. The van der Waals surface area contributed by atoms with Crippen molar-refractivity contribution in [1.82, 2.24) is 4.90 Å². The molecule has 1 aliphatic heterocycles. The molecular formula is C22H23Cl2NO3. The molecule has 148 valence electrons. The van der Waals surface area contributed by atoms with Gasteiger partial charge in [0.25, 0.3) is 0 Å². The van der Waals surface area contributed by atoms with Crippen molar-refractivity contribution in [3.05, 3.63) is 81.6 Å². The lowest BCUT2D eigenvalue weighted by molar-refractivity contribution is 0.210. The maximum Gasteiger partial charge on any atom is 0.519 e. The first kappa shape index (κ1) is 20.7. The van der Waals surface area contributed by atoms with Gasteiger partial charge in [0, 0.05) is 23.6 Å². The van der Waals surface area contributed by atoms with E-state index < -0.39 is 5.82 Å². The van der Waals surface area contributed by atoms with Crippen molar-refractivity contribution >= 4 is 24.0 Å². The van der Waals surface area contributed by atoms with Crippen molar-refractivity contribution in [2.45, 2.75) is 25.2 Å². The van der Waals surface area contributed by atoms with Gasteiger partial charge in [-0.25, -0.2) is 4.79 Å². The summed E-state index contributed by atoms with van der Waals surface area (Å²) in [6, 6.07) is 18.0. The fourth-order valence-electron chi connectivity index (χ4n) is 3.77. The third-order valence-electron chi connectivity index (χ3n) is 5.27. The van der Waals surface area contributed by atoms with Crippen LogP contribution in [0.1, 0.15) is 30.1 Å². The van der Waals surface area contributed by atoms with E-state index >= 15 is 0 Å². The van der Waals surface area contributed by atoms with Gasteiger partial charge >= 0.3 is 5.82 Å². The SMILES string of the molecule is Cl.O=c1oc(CCN2CCC(c3ccccc3)CC2)c(-c2ccc(Cl)cc2)o1. The van der Waals surface area contributed by atoms with Gasteiger partial charge in [-0.05, 0) is 61.7 Å². The molecule has 0 spiro atoms. The molecule has 1 saturated heterocycles. The van der Waals surface area contributed by atoms with Gasteiger partial charge in [-0.2, -0.15) is 0 Å². The van der Waals surface area contributed by atoms with Gasteiger partial charge in [-0.15, -0.1) is 12.4 Å². The van der Waals surface area contributed by atoms with Crippen molar-refractivity contribution in [2.75, 3.05) is 19.6 Å². The fraction of sp³-hybridized carbons (Fsp3) is 0.318. The normalized spacial score (nSPS) is 15.3. The lowest BCUT2D eigenvalue weighted by Gasteiger charge is -2.32. The second kappa shape index (κ2) is 9.46. The largest absolute Gasteiger partial charge is 0.519 e. The Bertz CT molecular complexity index is 926. The molecule has 3 aromatic rings. The van der Waals surface area contributed by atoms with Crippen molar-refractivity contribution in [3.63, 3.8) is 0 Å². The van der Waals surface area contributed by atoms with Gasteiger partial charge in [-0.3, -0.25) is 0 Å². The Kier molecular flexibility index (Phi) is 7.00. The number of hydrogen-bond donors (Lipinski definition) is 0. The Morgan fingerprint density at radius 3 is 2.32 bits per heavy atom. The fourth-order valence-corrected chi connectivity index (χ4v) is 3.89. The summed E-state index contributed by atoms with van der Waals surface area (Å²) in [5, 5.41) is 0.646. The quantitative estimate of drug-likeness (QED) is 0.555. The second-order valence-corrected chi connectivity index (χ2v) is 7.43. The molecule has 0 amide bonds. The van der Waals surface area contributed by atoms with E-state index in [2.05, 4.69) is 35.2 Å². The molecule has 4 nitrogen and oxygen atoms in total. The number of nitrogens with zero attached hydrogens (tertiary/aromatic N) is 1. The number of hydrogen-bond acceptors (Lipinski definition) is 4. The van der Waals surface area contributed by atoms with Crippen molar-refractivity contribution in [1.29, 1.82) is 0 Å². The molecule has 0 aliphatic carbocycles. The number of benzene rings is 2. The molecule has 0 radical (unpaired) electrons. The van der Waals surface area contributed by atoms with E-state index in [4.69, 9.17) is 20.4 Å². The third kappa shape index (κ3) is 4.88. The third-order valence-corrected chi connectivity index (χ3v) is 5.52. The number of rotatable bonds is 5. The summed E-state index contributed by atoms with van der Waals surface area (Å²) in [5.41, 5.74) is 2.24. The average Bonchev–Trinajstić information content (AvgIpc) is 3.08. The minimum atomic E-state index is -0.655. The zero-order valence-corrected chi connectivity index (χ0v) is 17.0. The van der Waals surface area contributed by atoms with Crippen LogP contribution in [0.5, 0.6) is 0 Å². The minimum absolute atomic E-state index is 0. The molecule has 1 aliphatic rings. The van der Waals surface area contributed by atoms with E-state index in [9.17, 15) is 4.79 Å². The van der Waals surface area contributed by atoms with Gasteiger partial charge in [0.2, 0.25) is 0 Å². The van der Waals surface area contributed by atoms with Crippen LogP contribution in [0.4, 0.5) is 0 Å². The monoisotopic (exact) mass is 419 g/mol. The Balaban J connectivity index is 0.00000225. The summed E-state index contributed by atoms with van der Waals surface area (Å²) in [6.45, 7) is 2.96. The van der Waals surface area contributed by atoms with Crippen LogP contribution in [0.25, 0.3) is 11.3 Å². The highest BCUT2D eigenvalue weighted by atomic mass is 35.5. The van der Waals surface area contributed by atoms with E-state index in [1.54, 1.807) is 12.1 Å². The van der Waals surface area contributed by atoms with Gasteiger partial charge in [-0.1, -0.05) is 41.9 Å². The molecule has 28 heavy (non-hydrogen) atoms. The van der Waals surface area contributed by atoms with Crippen LogP contribution in [0.2, 0.25) is 5.02 Å². The van der Waals surface area contributed by atoms with Gasteiger partial charge in [0.1, 0.15) is 0 Å². The zero-order chi connectivity index (χ0) is 18.6. The Hall–Kier alpha value is -2.01. The lowest BCUT2D eigenvalue weighted by Crippen LogP contribution is -2.34. The number of likely N-dealkylation sites (tertiary alicyclic amines) is 1. The Labute approximate surface area is 175 Å². The molecule has 0 bridgehead atoms. The highest BCUT2D eigenvalue weighted by molar-refractivity contribution is 6.30. The average molecular weight is 420 g/mol. The highest BCUT2D eigenvalue weighted by Gasteiger charge is 2.22. The van der Waals surface area contributed by atoms with Crippen LogP contribution < -0.4 is 5.82 Å². The predicted octanol–water partition coefficient (Wildman–Crippen LogP) is 5.40. The standard InChI is InChI=1S/C22H22ClNO3.ClH/c23-19-8-6-18(7-9-19)21-20(26-22(25)27-21)12-15-24-13-10-17(11-14-24)16-4-2-1-3-5-16;/h1-9,17H,10-15H2;1H. The molecule has 6 heteroatoms. The van der Waals surface area contributed by atoms with Crippen molar-refractivity contribution in [3.8, 4) is 11.3 Å². The number of piperidine rings is 1. The van der Waals surface area contributed by atoms with Gasteiger partial charge in [0.15, 0.2) is 11.5 Å². The lowest BCUT2D eigenvalue weighted by atomic mass is 9.89. The summed E-state index contributed by atoms with van der Waals surface area (Å²) < 4.78 is 10.6. The maximum atomic E-state index is 11.6. The first-order valence-electron chi connectivity index (χ1n) is 9.35. The van der Waals surface area contributed by atoms with E-state index in [-0.39, 0.29) is 12.4 Å². The van der Waals surface area contributed by atoms with E-state index in [1.165, 1.54) is 5.56 Å². The summed E-state index contributed by atoms with van der Waals surface area (Å²) in [6.07, 6.45) is 2.96. The molecule has 0 atom stereocenters. The molecule has 2 aromatic carbocycles. The Morgan fingerprint density at radius 2 is 1.64 bits per heavy atom. The van der Waals surface area contributed by atoms with Crippen molar-refractivity contribution in [2.24, 2.45) is 0 Å². The maximum absolute atomic E-state index is 11.6. The summed E-state index contributed by atoms with van der Waals surface area (Å²) >= 11 is 5.94. The minimum Gasteiger partial charge on any atom is -0.395 e. The zero-order valence-electron chi connectivity index (χ0n) is 15.5. The van der Waals surface area contributed by atoms with Crippen LogP contribution in [-0.4, -0.2) is 24.5 Å². The molecule has 0 N–H and O–H groups in total. The van der Waals surface area contributed by atoms with Crippen LogP contribution in [0, 0.1) is 0 Å². The Morgan fingerprint density at radius 1 is 0.964 bits per heavy atom. The van der Waals surface area contributed by atoms with E-state index in [0.717, 1.165) is 38.0 Å². The molecule has 0 unspecified atom stereocenters. The second-order valence-electron chi connectivity index (χ2n) is 6.99. The summed E-state index contributed by atoms with van der Waals surface area (Å²) in [7, 11) is 0. The highest BCUT2D eigenvalue weighted by Crippen LogP contribution is 2.29. The van der Waals surface area contributed by atoms with Crippen LogP contribution in [-0.2, 0) is 6.42 Å². The topological polar surface area (TPSA) is 46.6 Å². The van der Waals surface area contributed by atoms with E-state index in [0.29, 0.717) is 28.9 Å². The van der Waals surface area contributed by atoms with Crippen molar-refractivity contribution < 1.29 is 8.83 Å². The first-order valence-corrected chi connectivity index (χ1v) is 9.73. The van der Waals surface area contributed by atoms with Crippen LogP contribution in [0.3, 0.4) is 0 Å². The van der Waals surface area contributed by atoms with Gasteiger partial charge in [0.05, 0.1) is 0 Å². The first-order chi connectivity index (χ1) is 13.2. The molecule has 0 saturated carbocycles. The van der Waals surface area contributed by atoms with Crippen LogP contribution in [0.15, 0.2) is 68.2 Å². The summed E-state index contributed by atoms with van der Waals surface area (Å²) in [4.78, 5) is 14.1. The van der Waals surface area contributed by atoms with E-state index in [1.807, 2.05) is 12.1 Å².